The van der Waals surface area contributed by atoms with Crippen molar-refractivity contribution in [1.82, 2.24) is 5.32 Å². The monoisotopic (exact) mass is 500 g/mol. The molecule has 0 bridgehead atoms. The third-order valence-corrected chi connectivity index (χ3v) is 6.18. The molecular weight excluding hydrogens is 479 g/mol. The number of benzene rings is 2. The van der Waals surface area contributed by atoms with Gasteiger partial charge in [0.25, 0.3) is 5.91 Å². The molecule has 0 aliphatic carbocycles. The molecule has 2 heterocycles. The first-order valence-corrected chi connectivity index (χ1v) is 11.3. The normalized spacial score (nSPS) is 12.3. The second kappa shape index (κ2) is 12.2. The summed E-state index contributed by atoms with van der Waals surface area (Å²) in [6, 6.07) is 13.6. The van der Waals surface area contributed by atoms with E-state index in [1.54, 1.807) is 19.2 Å². The zero-order valence-corrected chi connectivity index (χ0v) is 22.1. The number of aliphatic imine (C=N–C) groups is 1. The molecule has 10 heteroatoms. The van der Waals surface area contributed by atoms with Crippen molar-refractivity contribution in [2.24, 2.45) is 4.99 Å². The van der Waals surface area contributed by atoms with Crippen LogP contribution in [0.4, 0.5) is 5.00 Å². The molecule has 8 nitrogen and oxygen atoms in total. The molecular formula is C25H21N2NaO6S. The molecule has 1 N–H and O–H groups in total. The molecule has 3 aromatic rings. The Labute approximate surface area is 228 Å². The van der Waals surface area contributed by atoms with Crippen molar-refractivity contribution in [3.05, 3.63) is 81.7 Å². The van der Waals surface area contributed by atoms with Crippen molar-refractivity contribution in [2.75, 3.05) is 7.11 Å². The molecule has 4 rings (SSSR count). The molecule has 35 heavy (non-hydrogen) atoms. The second-order valence-corrected chi connectivity index (χ2v) is 8.47. The van der Waals surface area contributed by atoms with Crippen LogP contribution in [-0.2, 0) is 29.3 Å². The number of carbonyl (C=O) groups excluding carboxylic acids is 3. The van der Waals surface area contributed by atoms with E-state index in [0.29, 0.717) is 22.9 Å². The van der Waals surface area contributed by atoms with Crippen LogP contribution in [-0.4, -0.2) is 30.5 Å². The number of ketones is 1. The van der Waals surface area contributed by atoms with Crippen LogP contribution in [0.2, 0.25) is 0 Å². The first-order chi connectivity index (χ1) is 16.4. The van der Waals surface area contributed by atoms with Crippen molar-refractivity contribution in [1.29, 1.82) is 0 Å². The van der Waals surface area contributed by atoms with Gasteiger partial charge in [0.2, 0.25) is 0 Å². The van der Waals surface area contributed by atoms with E-state index in [9.17, 15) is 19.5 Å². The van der Waals surface area contributed by atoms with Gasteiger partial charge in [-0.15, -0.1) is 11.3 Å². The molecule has 1 aromatic heterocycles. The van der Waals surface area contributed by atoms with Gasteiger partial charge in [-0.3, -0.25) is 9.59 Å². The number of ether oxygens (including phenoxy) is 2. The van der Waals surface area contributed by atoms with E-state index < -0.39 is 5.97 Å². The van der Waals surface area contributed by atoms with E-state index in [2.05, 4.69) is 10.3 Å². The SMILES string of the molecule is COc1cccc(CNC(=O)C2=Nc3scc(COCc4ccc(C(=O)[O-])cc4)c3C(=O)C2)c1.[Na+]. The molecule has 0 saturated carbocycles. The number of carboxylic acid groups (broad SMARTS) is 1. The molecule has 0 atom stereocenters. The number of carbonyl (C=O) groups is 3. The molecule has 1 amide bonds. The molecule has 2 aromatic carbocycles. The standard InChI is InChI=1S/C25H22N2O6S.Na/c1-32-19-4-2-3-16(9-19)11-26-23(29)20-10-21(28)22-18(14-34-24(22)27-20)13-33-12-15-5-7-17(8-6-15)25(30)31;/h2-9,14H,10-13H2,1H3,(H,26,29)(H,30,31);/q;+1/p-1. The summed E-state index contributed by atoms with van der Waals surface area (Å²) in [5, 5.41) is 15.9. The van der Waals surface area contributed by atoms with Gasteiger partial charge in [0.1, 0.15) is 16.5 Å². The quantitative estimate of drug-likeness (QED) is 0.408. The van der Waals surface area contributed by atoms with Crippen LogP contribution in [0.5, 0.6) is 5.75 Å². The Balaban J connectivity index is 0.00000342. The number of aromatic carboxylic acids is 1. The van der Waals surface area contributed by atoms with Gasteiger partial charge in [0.15, 0.2) is 5.78 Å². The van der Waals surface area contributed by atoms with Gasteiger partial charge < -0.3 is 24.7 Å². The van der Waals surface area contributed by atoms with E-state index in [1.807, 2.05) is 29.6 Å². The Morgan fingerprint density at radius 1 is 1.11 bits per heavy atom. The number of methoxy groups -OCH3 is 1. The van der Waals surface area contributed by atoms with Crippen molar-refractivity contribution in [2.45, 2.75) is 26.2 Å². The van der Waals surface area contributed by atoms with E-state index >= 15 is 0 Å². The Bertz CT molecular complexity index is 1270. The minimum atomic E-state index is -1.23. The number of hydrogen-bond donors (Lipinski definition) is 1. The number of Topliss-reactive ketones (excluding diaryl/α,β-unsaturated/α-hetero) is 1. The van der Waals surface area contributed by atoms with Crippen LogP contribution in [0, 0.1) is 0 Å². The van der Waals surface area contributed by atoms with Crippen LogP contribution in [0.25, 0.3) is 0 Å². The smallest absolute Gasteiger partial charge is 0.545 e. The predicted molar refractivity (Wildman–Crippen MR) is 124 cm³/mol. The van der Waals surface area contributed by atoms with Crippen molar-refractivity contribution >= 4 is 39.7 Å². The molecule has 0 saturated heterocycles. The van der Waals surface area contributed by atoms with Crippen LogP contribution in [0.15, 0.2) is 58.9 Å². The summed E-state index contributed by atoms with van der Waals surface area (Å²) >= 11 is 1.29. The first-order valence-electron chi connectivity index (χ1n) is 10.4. The molecule has 0 spiro atoms. The molecule has 0 unspecified atom stereocenters. The fourth-order valence-corrected chi connectivity index (χ4v) is 4.45. The Hall–Kier alpha value is -2.82. The number of thiophene rings is 1. The minimum absolute atomic E-state index is 0. The van der Waals surface area contributed by atoms with Crippen LogP contribution < -0.4 is 44.7 Å². The van der Waals surface area contributed by atoms with Gasteiger partial charge in [0.05, 0.1) is 38.3 Å². The first kappa shape index (κ1) is 26.8. The van der Waals surface area contributed by atoms with Crippen molar-refractivity contribution in [3.63, 3.8) is 0 Å². The van der Waals surface area contributed by atoms with Gasteiger partial charge in [-0.1, -0.05) is 36.4 Å². The fraction of sp³-hybridized carbons (Fsp3) is 0.200. The Morgan fingerprint density at radius 3 is 2.60 bits per heavy atom. The number of nitrogens with zero attached hydrogens (tertiary/aromatic N) is 1. The molecule has 1 aliphatic heterocycles. The molecule has 174 valence electrons. The maximum Gasteiger partial charge on any atom is 1.00 e. The average Bonchev–Trinajstić information content (AvgIpc) is 3.26. The summed E-state index contributed by atoms with van der Waals surface area (Å²) in [7, 11) is 1.58. The molecule has 0 radical (unpaired) electrons. The van der Waals surface area contributed by atoms with Gasteiger partial charge >= 0.3 is 29.6 Å². The number of hydrogen-bond acceptors (Lipinski definition) is 8. The maximum absolute atomic E-state index is 12.8. The average molecular weight is 501 g/mol. The van der Waals surface area contributed by atoms with Gasteiger partial charge in [-0.25, -0.2) is 4.99 Å². The summed E-state index contributed by atoms with van der Waals surface area (Å²) < 4.78 is 10.9. The Morgan fingerprint density at radius 2 is 1.89 bits per heavy atom. The number of carboxylic acids is 1. The summed E-state index contributed by atoms with van der Waals surface area (Å²) in [6.07, 6.45) is -0.0780. The van der Waals surface area contributed by atoms with E-state index in [1.165, 1.54) is 23.5 Å². The van der Waals surface area contributed by atoms with Crippen molar-refractivity contribution < 1.29 is 58.5 Å². The number of nitrogens with one attached hydrogen (secondary N) is 1. The van der Waals surface area contributed by atoms with Gasteiger partial charge in [0, 0.05) is 12.1 Å². The van der Waals surface area contributed by atoms with Crippen LogP contribution in [0.3, 0.4) is 0 Å². The topological polar surface area (TPSA) is 117 Å². The summed E-state index contributed by atoms with van der Waals surface area (Å²) in [5.74, 6) is -1.09. The summed E-state index contributed by atoms with van der Waals surface area (Å²) in [4.78, 5) is 40.6. The number of amides is 1. The fourth-order valence-electron chi connectivity index (χ4n) is 3.49. The van der Waals surface area contributed by atoms with Crippen LogP contribution >= 0.6 is 11.3 Å². The predicted octanol–water partition coefficient (Wildman–Crippen LogP) is -0.184. The zero-order valence-electron chi connectivity index (χ0n) is 19.3. The number of rotatable bonds is 9. The third-order valence-electron chi connectivity index (χ3n) is 5.26. The van der Waals surface area contributed by atoms with E-state index in [4.69, 9.17) is 9.47 Å². The van der Waals surface area contributed by atoms with Gasteiger partial charge in [-0.2, -0.15) is 0 Å². The molecule has 1 aliphatic rings. The van der Waals surface area contributed by atoms with Crippen molar-refractivity contribution in [3.8, 4) is 5.75 Å². The summed E-state index contributed by atoms with van der Waals surface area (Å²) in [6.45, 7) is 0.754. The summed E-state index contributed by atoms with van der Waals surface area (Å²) in [5.41, 5.74) is 3.16. The Kier molecular flexibility index (Phi) is 9.36. The van der Waals surface area contributed by atoms with E-state index in [-0.39, 0.29) is 72.2 Å². The van der Waals surface area contributed by atoms with Crippen LogP contribution in [0.1, 0.15) is 43.8 Å². The third kappa shape index (κ3) is 6.65. The minimum Gasteiger partial charge on any atom is -0.545 e. The van der Waals surface area contributed by atoms with E-state index in [0.717, 1.165) is 16.7 Å². The second-order valence-electron chi connectivity index (χ2n) is 7.61. The number of fused-ring (bicyclic) bond motifs is 1. The maximum atomic E-state index is 12.8. The zero-order chi connectivity index (χ0) is 24.1. The van der Waals surface area contributed by atoms with Gasteiger partial charge in [-0.05, 0) is 34.2 Å². The molecule has 0 fully saturated rings. The largest absolute Gasteiger partial charge is 1.00 e.